The maximum Gasteiger partial charge on any atom is 0.249 e. The van der Waals surface area contributed by atoms with Crippen LogP contribution in [-0.2, 0) is 9.53 Å². The lowest BCUT2D eigenvalue weighted by Crippen LogP contribution is -2.46. The minimum absolute atomic E-state index is 0.0922. The minimum Gasteiger partial charge on any atom is -0.368 e. The number of hydrogen-bond donors (Lipinski definition) is 1. The van der Waals surface area contributed by atoms with Crippen molar-refractivity contribution in [1.82, 2.24) is 15.5 Å². The zero-order chi connectivity index (χ0) is 15.0. The Balaban J connectivity index is 1.38. The first-order chi connectivity index (χ1) is 10.7. The molecule has 1 aliphatic carbocycles. The highest BCUT2D eigenvalue weighted by Crippen LogP contribution is 2.42. The minimum atomic E-state index is -0.269. The van der Waals surface area contributed by atoms with E-state index in [0.29, 0.717) is 12.6 Å². The molecule has 1 saturated carbocycles. The molecule has 1 aromatic heterocycles. The molecule has 1 spiro atoms. The number of nitrogens with one attached hydrogen (secondary N) is 1. The number of piperidine rings is 1. The van der Waals surface area contributed by atoms with Crippen molar-refractivity contribution in [3.8, 4) is 0 Å². The van der Waals surface area contributed by atoms with Gasteiger partial charge in [-0.2, -0.15) is 0 Å². The van der Waals surface area contributed by atoms with Crippen molar-refractivity contribution in [2.75, 3.05) is 24.6 Å². The van der Waals surface area contributed by atoms with E-state index in [0.717, 1.165) is 50.3 Å². The van der Waals surface area contributed by atoms with Gasteiger partial charge in [-0.1, -0.05) is 11.3 Å². The van der Waals surface area contributed by atoms with Crippen LogP contribution in [0.15, 0.2) is 5.51 Å². The molecule has 2 aliphatic heterocycles. The van der Waals surface area contributed by atoms with E-state index in [9.17, 15) is 4.79 Å². The van der Waals surface area contributed by atoms with Gasteiger partial charge in [0.1, 0.15) is 11.6 Å². The quantitative estimate of drug-likeness (QED) is 0.915. The standard InChI is InChI=1S/C15H22N4O2S/c20-13(17-11-3-1-4-11)12-7-15(9-21-12)5-2-6-19(8-15)14-18-16-10-22-14/h10-12H,1-9H2,(H,17,20)/t12-,15+/m1/s1. The van der Waals surface area contributed by atoms with Gasteiger partial charge in [-0.15, -0.1) is 10.2 Å². The van der Waals surface area contributed by atoms with Crippen LogP contribution in [0, 0.1) is 5.41 Å². The molecule has 3 aliphatic rings. The Labute approximate surface area is 134 Å². The number of carbonyl (C=O) groups excluding carboxylic acids is 1. The van der Waals surface area contributed by atoms with E-state index in [1.807, 2.05) is 0 Å². The number of rotatable bonds is 3. The lowest BCUT2D eigenvalue weighted by Gasteiger charge is -2.39. The molecular weight excluding hydrogens is 300 g/mol. The summed E-state index contributed by atoms with van der Waals surface area (Å²) in [6, 6.07) is 0.386. The average Bonchev–Trinajstić information content (AvgIpc) is 3.13. The van der Waals surface area contributed by atoms with Crippen molar-refractivity contribution >= 4 is 22.4 Å². The van der Waals surface area contributed by atoms with E-state index < -0.39 is 0 Å². The first-order valence-corrected chi connectivity index (χ1v) is 9.05. The second-order valence-electron chi connectivity index (χ2n) is 6.89. The van der Waals surface area contributed by atoms with Crippen LogP contribution in [-0.4, -0.2) is 47.9 Å². The van der Waals surface area contributed by atoms with Crippen LogP contribution in [0.3, 0.4) is 0 Å². The number of carbonyl (C=O) groups is 1. The number of nitrogens with zero attached hydrogens (tertiary/aromatic N) is 3. The molecule has 0 bridgehead atoms. The summed E-state index contributed by atoms with van der Waals surface area (Å²) in [5.74, 6) is 0.0922. The SMILES string of the molecule is O=C(NC1CCC1)[C@H]1C[C@]2(CCCN(c3nncs3)C2)CO1. The van der Waals surface area contributed by atoms with Crippen molar-refractivity contribution in [3.63, 3.8) is 0 Å². The van der Waals surface area contributed by atoms with Crippen molar-refractivity contribution in [1.29, 1.82) is 0 Å². The highest BCUT2D eigenvalue weighted by atomic mass is 32.1. The Bertz CT molecular complexity index is 534. The zero-order valence-corrected chi connectivity index (χ0v) is 13.5. The van der Waals surface area contributed by atoms with Gasteiger partial charge >= 0.3 is 0 Å². The Morgan fingerprint density at radius 1 is 1.45 bits per heavy atom. The molecule has 6 nitrogen and oxygen atoms in total. The number of ether oxygens (including phenoxy) is 1. The van der Waals surface area contributed by atoms with Crippen molar-refractivity contribution in [2.45, 2.75) is 50.7 Å². The molecule has 4 rings (SSSR count). The van der Waals surface area contributed by atoms with Crippen LogP contribution in [0.25, 0.3) is 0 Å². The molecule has 0 unspecified atom stereocenters. The smallest absolute Gasteiger partial charge is 0.249 e. The van der Waals surface area contributed by atoms with Crippen LogP contribution in [0.4, 0.5) is 5.13 Å². The fourth-order valence-corrected chi connectivity index (χ4v) is 4.35. The van der Waals surface area contributed by atoms with Gasteiger partial charge in [-0.3, -0.25) is 4.79 Å². The number of aromatic nitrogens is 2. The Morgan fingerprint density at radius 2 is 2.36 bits per heavy atom. The predicted octanol–water partition coefficient (Wildman–Crippen LogP) is 1.58. The van der Waals surface area contributed by atoms with E-state index in [-0.39, 0.29) is 17.4 Å². The third-order valence-corrected chi connectivity index (χ3v) is 5.98. The third-order valence-electron chi connectivity index (χ3n) is 5.23. The maximum atomic E-state index is 12.3. The lowest BCUT2D eigenvalue weighted by atomic mass is 9.78. The maximum absolute atomic E-state index is 12.3. The van der Waals surface area contributed by atoms with E-state index in [2.05, 4.69) is 20.4 Å². The lowest BCUT2D eigenvalue weighted by molar-refractivity contribution is -0.131. The normalized spacial score (nSPS) is 32.2. The van der Waals surface area contributed by atoms with E-state index in [4.69, 9.17) is 4.74 Å². The molecule has 3 fully saturated rings. The summed E-state index contributed by atoms with van der Waals surface area (Å²) in [4.78, 5) is 14.6. The molecular formula is C15H22N4O2S. The summed E-state index contributed by atoms with van der Waals surface area (Å²) in [5.41, 5.74) is 1.88. The van der Waals surface area contributed by atoms with E-state index in [1.165, 1.54) is 6.42 Å². The summed E-state index contributed by atoms with van der Waals surface area (Å²) in [6.07, 6.45) is 6.30. The predicted molar refractivity (Wildman–Crippen MR) is 83.9 cm³/mol. The highest BCUT2D eigenvalue weighted by Gasteiger charge is 2.46. The first kappa shape index (κ1) is 14.4. The zero-order valence-electron chi connectivity index (χ0n) is 12.7. The average molecular weight is 322 g/mol. The van der Waals surface area contributed by atoms with Gasteiger partial charge in [0, 0.05) is 24.5 Å². The molecule has 0 aromatic carbocycles. The first-order valence-electron chi connectivity index (χ1n) is 8.17. The van der Waals surface area contributed by atoms with Crippen LogP contribution in [0.5, 0.6) is 0 Å². The monoisotopic (exact) mass is 322 g/mol. The van der Waals surface area contributed by atoms with E-state index in [1.54, 1.807) is 16.8 Å². The van der Waals surface area contributed by atoms with Gasteiger partial charge in [0.25, 0.3) is 0 Å². The van der Waals surface area contributed by atoms with Crippen LogP contribution in [0.1, 0.15) is 38.5 Å². The molecule has 3 heterocycles. The Hall–Kier alpha value is -1.21. The number of hydrogen-bond acceptors (Lipinski definition) is 6. The van der Waals surface area contributed by atoms with Gasteiger partial charge in [-0.05, 0) is 38.5 Å². The van der Waals surface area contributed by atoms with Gasteiger partial charge in [0.2, 0.25) is 11.0 Å². The topological polar surface area (TPSA) is 67.4 Å². The van der Waals surface area contributed by atoms with Gasteiger partial charge in [-0.25, -0.2) is 0 Å². The summed E-state index contributed by atoms with van der Waals surface area (Å²) < 4.78 is 5.87. The van der Waals surface area contributed by atoms with Crippen molar-refractivity contribution in [3.05, 3.63) is 5.51 Å². The molecule has 1 amide bonds. The van der Waals surface area contributed by atoms with Crippen LogP contribution < -0.4 is 10.2 Å². The molecule has 7 heteroatoms. The fraction of sp³-hybridized carbons (Fsp3) is 0.800. The fourth-order valence-electron chi connectivity index (χ4n) is 3.76. The largest absolute Gasteiger partial charge is 0.368 e. The highest BCUT2D eigenvalue weighted by molar-refractivity contribution is 7.13. The van der Waals surface area contributed by atoms with Crippen molar-refractivity contribution < 1.29 is 9.53 Å². The van der Waals surface area contributed by atoms with Crippen LogP contribution in [0.2, 0.25) is 0 Å². The summed E-state index contributed by atoms with van der Waals surface area (Å²) in [5, 5.41) is 12.2. The molecule has 120 valence electrons. The van der Waals surface area contributed by atoms with Gasteiger partial charge in [0.05, 0.1) is 6.61 Å². The number of amides is 1. The molecule has 2 atom stereocenters. The van der Waals surface area contributed by atoms with Crippen LogP contribution >= 0.6 is 11.3 Å². The Kier molecular flexibility index (Phi) is 3.78. The summed E-state index contributed by atoms with van der Waals surface area (Å²) in [7, 11) is 0. The second-order valence-corrected chi connectivity index (χ2v) is 7.70. The second kappa shape index (κ2) is 5.77. The molecule has 1 N–H and O–H groups in total. The molecule has 1 aromatic rings. The van der Waals surface area contributed by atoms with Gasteiger partial charge in [0.15, 0.2) is 0 Å². The third kappa shape index (κ3) is 2.72. The van der Waals surface area contributed by atoms with E-state index >= 15 is 0 Å². The van der Waals surface area contributed by atoms with Gasteiger partial charge < -0.3 is 15.0 Å². The summed E-state index contributed by atoms with van der Waals surface area (Å²) >= 11 is 1.58. The molecule has 2 saturated heterocycles. The molecule has 22 heavy (non-hydrogen) atoms. The van der Waals surface area contributed by atoms with Crippen molar-refractivity contribution in [2.24, 2.45) is 5.41 Å². The summed E-state index contributed by atoms with van der Waals surface area (Å²) in [6.45, 7) is 2.64. The molecule has 0 radical (unpaired) electrons. The Morgan fingerprint density at radius 3 is 3.09 bits per heavy atom. The number of anilines is 1.